The molecule has 1 aromatic carbocycles. The summed E-state index contributed by atoms with van der Waals surface area (Å²) in [4.78, 5) is 11.1. The van der Waals surface area contributed by atoms with Gasteiger partial charge in [-0.05, 0) is 31.0 Å². The smallest absolute Gasteiger partial charge is 0.142 e. The maximum Gasteiger partial charge on any atom is 0.142 e. The van der Waals surface area contributed by atoms with Gasteiger partial charge in [-0.15, -0.1) is 11.3 Å². The Bertz CT molecular complexity index is 764. The number of para-hydroxylation sites is 1. The zero-order chi connectivity index (χ0) is 14.8. The maximum atomic E-state index is 6.04. The van der Waals surface area contributed by atoms with E-state index in [9.17, 15) is 0 Å². The molecule has 108 valence electrons. The van der Waals surface area contributed by atoms with Crippen molar-refractivity contribution in [3.63, 3.8) is 0 Å². The molecule has 5 heteroatoms. The monoisotopic (exact) mass is 298 g/mol. The Morgan fingerprint density at radius 2 is 2.10 bits per heavy atom. The normalized spacial score (nSPS) is 12.5. The summed E-state index contributed by atoms with van der Waals surface area (Å²) in [6.45, 7) is 4.13. The Hall–Kier alpha value is -1.98. The number of hydrogen-bond donors (Lipinski definition) is 2. The van der Waals surface area contributed by atoms with E-state index in [1.54, 1.807) is 17.7 Å². The number of nitrogens with zero attached hydrogens (tertiary/aromatic N) is 2. The topological polar surface area (TPSA) is 63.8 Å². The van der Waals surface area contributed by atoms with Gasteiger partial charge in [0.25, 0.3) is 0 Å². The fraction of sp³-hybridized carbons (Fsp3) is 0.250. The van der Waals surface area contributed by atoms with E-state index in [1.807, 2.05) is 31.2 Å². The van der Waals surface area contributed by atoms with Gasteiger partial charge in [0.2, 0.25) is 0 Å². The molecule has 0 aliphatic carbocycles. The predicted octanol–water partition coefficient (Wildman–Crippen LogP) is 4.02. The third kappa shape index (κ3) is 2.75. The molecule has 0 radical (unpaired) electrons. The maximum absolute atomic E-state index is 6.04. The molecule has 0 aliphatic rings. The molecule has 0 fully saturated rings. The molecule has 0 spiro atoms. The number of hydrogen-bond acceptors (Lipinski definition) is 5. The first-order valence-corrected chi connectivity index (χ1v) is 7.85. The summed E-state index contributed by atoms with van der Waals surface area (Å²) < 4.78 is 0. The molecular weight excluding hydrogens is 280 g/mol. The third-order valence-corrected chi connectivity index (χ3v) is 4.62. The standard InChI is InChI=1S/C16H18N4S/c1-3-11-8-13-15(18-9-19-16(13)21-11)20-14-7-5-4-6-12(14)10(2)17/h4-10H,3,17H2,1-2H3,(H,18,19,20). The van der Waals surface area contributed by atoms with Crippen LogP contribution in [0.5, 0.6) is 0 Å². The van der Waals surface area contributed by atoms with Crippen LogP contribution in [0.15, 0.2) is 36.7 Å². The van der Waals surface area contributed by atoms with Crippen LogP contribution in [0.3, 0.4) is 0 Å². The predicted molar refractivity (Wildman–Crippen MR) is 89.1 cm³/mol. The highest BCUT2D eigenvalue weighted by molar-refractivity contribution is 7.18. The number of aromatic nitrogens is 2. The quantitative estimate of drug-likeness (QED) is 0.763. The van der Waals surface area contributed by atoms with Gasteiger partial charge in [-0.3, -0.25) is 0 Å². The lowest BCUT2D eigenvalue weighted by Crippen LogP contribution is -2.08. The van der Waals surface area contributed by atoms with E-state index in [0.717, 1.165) is 33.7 Å². The van der Waals surface area contributed by atoms with Crippen molar-refractivity contribution in [2.24, 2.45) is 5.73 Å². The zero-order valence-corrected chi connectivity index (χ0v) is 12.9. The molecule has 1 unspecified atom stereocenters. The second-order valence-corrected chi connectivity index (χ2v) is 6.12. The Labute approximate surface area is 128 Å². The molecule has 21 heavy (non-hydrogen) atoms. The molecule has 3 rings (SSSR count). The summed E-state index contributed by atoms with van der Waals surface area (Å²) in [6.07, 6.45) is 2.62. The van der Waals surface area contributed by atoms with E-state index in [2.05, 4.69) is 28.3 Å². The Morgan fingerprint density at radius 1 is 1.29 bits per heavy atom. The van der Waals surface area contributed by atoms with Gasteiger partial charge in [-0.2, -0.15) is 0 Å². The van der Waals surface area contributed by atoms with Crippen molar-refractivity contribution < 1.29 is 0 Å². The van der Waals surface area contributed by atoms with Crippen LogP contribution < -0.4 is 11.1 Å². The largest absolute Gasteiger partial charge is 0.339 e. The summed E-state index contributed by atoms with van der Waals surface area (Å²) in [6, 6.07) is 10.2. The SMILES string of the molecule is CCc1cc2c(Nc3ccccc3C(C)N)ncnc2s1. The fourth-order valence-corrected chi connectivity index (χ4v) is 3.25. The molecule has 4 nitrogen and oxygen atoms in total. The molecule has 0 saturated heterocycles. The Balaban J connectivity index is 2.04. The van der Waals surface area contributed by atoms with Crippen molar-refractivity contribution in [2.45, 2.75) is 26.3 Å². The van der Waals surface area contributed by atoms with Crippen LogP contribution in [0.2, 0.25) is 0 Å². The number of anilines is 2. The highest BCUT2D eigenvalue weighted by Crippen LogP contribution is 2.31. The van der Waals surface area contributed by atoms with Crippen molar-refractivity contribution in [3.05, 3.63) is 47.1 Å². The van der Waals surface area contributed by atoms with Gasteiger partial charge in [0.15, 0.2) is 0 Å². The zero-order valence-electron chi connectivity index (χ0n) is 12.1. The van der Waals surface area contributed by atoms with Gasteiger partial charge in [-0.1, -0.05) is 25.1 Å². The lowest BCUT2D eigenvalue weighted by atomic mass is 10.1. The molecule has 2 aromatic heterocycles. The van der Waals surface area contributed by atoms with Crippen molar-refractivity contribution in [3.8, 4) is 0 Å². The number of benzene rings is 1. The molecule has 1 atom stereocenters. The molecule has 0 bridgehead atoms. The average molecular weight is 298 g/mol. The van der Waals surface area contributed by atoms with Crippen LogP contribution in [0.25, 0.3) is 10.2 Å². The molecular formula is C16H18N4S. The minimum absolute atomic E-state index is 0.0281. The summed E-state index contributed by atoms with van der Waals surface area (Å²) in [7, 11) is 0. The van der Waals surface area contributed by atoms with Crippen LogP contribution in [-0.2, 0) is 6.42 Å². The van der Waals surface area contributed by atoms with Crippen LogP contribution in [0.1, 0.15) is 30.3 Å². The Kier molecular flexibility index (Phi) is 3.86. The molecule has 2 heterocycles. The second kappa shape index (κ2) is 5.79. The van der Waals surface area contributed by atoms with Crippen LogP contribution >= 0.6 is 11.3 Å². The van der Waals surface area contributed by atoms with E-state index in [0.29, 0.717) is 0 Å². The van der Waals surface area contributed by atoms with Crippen molar-refractivity contribution in [1.82, 2.24) is 9.97 Å². The van der Waals surface area contributed by atoms with Crippen molar-refractivity contribution in [1.29, 1.82) is 0 Å². The first kappa shape index (κ1) is 14.0. The van der Waals surface area contributed by atoms with Gasteiger partial charge >= 0.3 is 0 Å². The van der Waals surface area contributed by atoms with Crippen LogP contribution in [-0.4, -0.2) is 9.97 Å². The molecule has 3 N–H and O–H groups in total. The number of rotatable bonds is 4. The van der Waals surface area contributed by atoms with Gasteiger partial charge in [0.05, 0.1) is 5.39 Å². The molecule has 3 aromatic rings. The Morgan fingerprint density at radius 3 is 2.86 bits per heavy atom. The number of fused-ring (bicyclic) bond motifs is 1. The molecule has 0 aliphatic heterocycles. The molecule has 0 saturated carbocycles. The minimum atomic E-state index is -0.0281. The second-order valence-electron chi connectivity index (χ2n) is 5.01. The summed E-state index contributed by atoms with van der Waals surface area (Å²) in [5.41, 5.74) is 8.11. The van der Waals surface area contributed by atoms with Crippen LogP contribution in [0, 0.1) is 0 Å². The summed E-state index contributed by atoms with van der Waals surface area (Å²) in [5.74, 6) is 0.837. The third-order valence-electron chi connectivity index (χ3n) is 3.43. The summed E-state index contributed by atoms with van der Waals surface area (Å²) >= 11 is 1.72. The van der Waals surface area contributed by atoms with Crippen LogP contribution in [0.4, 0.5) is 11.5 Å². The first-order chi connectivity index (χ1) is 10.2. The van der Waals surface area contributed by atoms with E-state index in [1.165, 1.54) is 4.88 Å². The van der Waals surface area contributed by atoms with Gasteiger partial charge in [0, 0.05) is 16.6 Å². The van der Waals surface area contributed by atoms with E-state index >= 15 is 0 Å². The first-order valence-electron chi connectivity index (χ1n) is 7.04. The highest BCUT2D eigenvalue weighted by Gasteiger charge is 2.11. The van der Waals surface area contributed by atoms with Crippen molar-refractivity contribution in [2.75, 3.05) is 5.32 Å². The van der Waals surface area contributed by atoms with E-state index in [-0.39, 0.29) is 6.04 Å². The lowest BCUT2D eigenvalue weighted by Gasteiger charge is -2.14. The number of aryl methyl sites for hydroxylation is 1. The number of thiophene rings is 1. The van der Waals surface area contributed by atoms with Crippen molar-refractivity contribution >= 4 is 33.1 Å². The fourth-order valence-electron chi connectivity index (χ4n) is 2.31. The summed E-state index contributed by atoms with van der Waals surface area (Å²) in [5, 5.41) is 4.48. The van der Waals surface area contributed by atoms with E-state index < -0.39 is 0 Å². The average Bonchev–Trinajstić information content (AvgIpc) is 2.92. The van der Waals surface area contributed by atoms with Gasteiger partial charge in [-0.25, -0.2) is 9.97 Å². The number of nitrogens with two attached hydrogens (primary N) is 1. The number of nitrogens with one attached hydrogen (secondary N) is 1. The minimum Gasteiger partial charge on any atom is -0.339 e. The van der Waals surface area contributed by atoms with Gasteiger partial charge in [0.1, 0.15) is 17.0 Å². The van der Waals surface area contributed by atoms with E-state index in [4.69, 9.17) is 5.73 Å². The molecule has 0 amide bonds. The highest BCUT2D eigenvalue weighted by atomic mass is 32.1. The lowest BCUT2D eigenvalue weighted by molar-refractivity contribution is 0.820. The van der Waals surface area contributed by atoms with Gasteiger partial charge < -0.3 is 11.1 Å².